The van der Waals surface area contributed by atoms with Crippen LogP contribution in [-0.4, -0.2) is 47.3 Å². The smallest absolute Gasteiger partial charge is 0.255 e. The number of likely N-dealkylation sites (tertiary alicyclic amines) is 1. The molecule has 3 amide bonds. The zero-order chi connectivity index (χ0) is 16.7. The van der Waals surface area contributed by atoms with Crippen LogP contribution < -0.4 is 5.01 Å². The van der Waals surface area contributed by atoms with Gasteiger partial charge >= 0.3 is 0 Å². The van der Waals surface area contributed by atoms with E-state index >= 15 is 0 Å². The third-order valence-electron chi connectivity index (χ3n) is 4.96. The number of carbonyl (C=O) groups is 3. The van der Waals surface area contributed by atoms with Crippen LogP contribution in [0.2, 0.25) is 0 Å². The number of anilines is 1. The van der Waals surface area contributed by atoms with Crippen molar-refractivity contribution in [2.75, 3.05) is 18.6 Å². The minimum Gasteiger partial charge on any atom is -0.283 e. The Hall–Kier alpha value is -2.44. The van der Waals surface area contributed by atoms with E-state index in [0.717, 1.165) is 4.90 Å². The number of fused-ring (bicyclic) bond motifs is 6. The zero-order valence-corrected chi connectivity index (χ0v) is 13.0. The molecule has 7 heteroatoms. The van der Waals surface area contributed by atoms with Crippen LogP contribution in [0.4, 0.5) is 10.1 Å². The molecule has 6 nitrogen and oxygen atoms in total. The van der Waals surface area contributed by atoms with Gasteiger partial charge in [-0.05, 0) is 25.5 Å². The molecule has 0 saturated carbocycles. The lowest BCUT2D eigenvalue weighted by Gasteiger charge is -2.41. The fraction of sp³-hybridized carbons (Fsp3) is 0.438. The lowest BCUT2D eigenvalue weighted by atomic mass is 9.89. The number of likely N-dealkylation sites (N-methyl/N-ethyl adjacent to an activating group) is 1. The molecule has 0 bridgehead atoms. The number of imide groups is 1. The fourth-order valence-electron chi connectivity index (χ4n) is 3.80. The lowest BCUT2D eigenvalue weighted by Crippen LogP contribution is -2.55. The standard InChI is InChI=1S/C16H16FN3O3/c1-16(2)7-19-11-8(5-4-6-9(11)17)10-12(20(19)15(16)23)14(22)18(3)13(10)21/h4-6,10,12H,7H2,1-3H3. The van der Waals surface area contributed by atoms with Gasteiger partial charge in [-0.15, -0.1) is 0 Å². The van der Waals surface area contributed by atoms with E-state index in [2.05, 4.69) is 0 Å². The highest BCUT2D eigenvalue weighted by molar-refractivity contribution is 6.12. The van der Waals surface area contributed by atoms with Gasteiger partial charge in [0, 0.05) is 7.05 Å². The van der Waals surface area contributed by atoms with E-state index in [1.165, 1.54) is 29.2 Å². The highest BCUT2D eigenvalue weighted by Crippen LogP contribution is 2.49. The molecular weight excluding hydrogens is 301 g/mol. The molecule has 2 unspecified atom stereocenters. The van der Waals surface area contributed by atoms with Crippen LogP contribution in [0.25, 0.3) is 0 Å². The molecule has 3 heterocycles. The largest absolute Gasteiger partial charge is 0.283 e. The molecule has 2 atom stereocenters. The van der Waals surface area contributed by atoms with Crippen LogP contribution in [0.5, 0.6) is 0 Å². The molecular formula is C16H16FN3O3. The van der Waals surface area contributed by atoms with E-state index in [0.29, 0.717) is 5.56 Å². The van der Waals surface area contributed by atoms with Gasteiger partial charge in [0.1, 0.15) is 11.9 Å². The number of halogens is 1. The first-order valence-corrected chi connectivity index (χ1v) is 7.46. The second kappa shape index (κ2) is 4.10. The Morgan fingerprint density at radius 2 is 1.87 bits per heavy atom. The first kappa shape index (κ1) is 14.2. The van der Waals surface area contributed by atoms with Crippen molar-refractivity contribution in [3.05, 3.63) is 29.6 Å². The van der Waals surface area contributed by atoms with Gasteiger partial charge in [0.25, 0.3) is 5.91 Å². The van der Waals surface area contributed by atoms with Crippen molar-refractivity contribution in [2.24, 2.45) is 5.41 Å². The lowest BCUT2D eigenvalue weighted by molar-refractivity contribution is -0.144. The number of amides is 3. The van der Waals surface area contributed by atoms with Gasteiger partial charge in [0.15, 0.2) is 0 Å². The molecule has 1 aromatic carbocycles. The molecule has 0 aromatic heterocycles. The Morgan fingerprint density at radius 3 is 2.57 bits per heavy atom. The molecule has 4 rings (SSSR count). The number of nitrogens with zero attached hydrogens (tertiary/aromatic N) is 3. The second-order valence-corrected chi connectivity index (χ2v) is 6.93. The van der Waals surface area contributed by atoms with Crippen molar-refractivity contribution in [2.45, 2.75) is 25.8 Å². The van der Waals surface area contributed by atoms with Gasteiger partial charge in [0.2, 0.25) is 11.8 Å². The van der Waals surface area contributed by atoms with Crippen LogP contribution in [-0.2, 0) is 14.4 Å². The highest BCUT2D eigenvalue weighted by atomic mass is 19.1. The molecule has 2 saturated heterocycles. The Morgan fingerprint density at radius 1 is 1.17 bits per heavy atom. The molecule has 2 fully saturated rings. The monoisotopic (exact) mass is 317 g/mol. The summed E-state index contributed by atoms with van der Waals surface area (Å²) >= 11 is 0. The van der Waals surface area contributed by atoms with E-state index in [1.54, 1.807) is 19.9 Å². The number of para-hydroxylation sites is 1. The van der Waals surface area contributed by atoms with Crippen molar-refractivity contribution < 1.29 is 18.8 Å². The van der Waals surface area contributed by atoms with Gasteiger partial charge in [-0.1, -0.05) is 12.1 Å². The molecule has 1 aromatic rings. The first-order chi connectivity index (χ1) is 10.8. The Balaban J connectivity index is 2.00. The summed E-state index contributed by atoms with van der Waals surface area (Å²) in [5.74, 6) is -2.42. The molecule has 23 heavy (non-hydrogen) atoms. The van der Waals surface area contributed by atoms with Crippen LogP contribution in [0.15, 0.2) is 18.2 Å². The number of hydrazine groups is 1. The number of hydrogen-bond donors (Lipinski definition) is 0. The van der Waals surface area contributed by atoms with Crippen molar-refractivity contribution in [3.8, 4) is 0 Å². The molecule has 0 spiro atoms. The normalized spacial score (nSPS) is 28.2. The predicted octanol–water partition coefficient (Wildman–Crippen LogP) is 0.880. The molecule has 3 aliphatic heterocycles. The van der Waals surface area contributed by atoms with Gasteiger partial charge in [-0.2, -0.15) is 0 Å². The second-order valence-electron chi connectivity index (χ2n) is 6.93. The van der Waals surface area contributed by atoms with Gasteiger partial charge in [-0.3, -0.25) is 24.3 Å². The summed E-state index contributed by atoms with van der Waals surface area (Å²) in [5.41, 5.74) is -0.0533. The maximum absolute atomic E-state index is 14.5. The maximum Gasteiger partial charge on any atom is 0.255 e. The number of benzene rings is 1. The summed E-state index contributed by atoms with van der Waals surface area (Å²) in [7, 11) is 1.40. The van der Waals surface area contributed by atoms with Crippen molar-refractivity contribution in [1.82, 2.24) is 9.91 Å². The van der Waals surface area contributed by atoms with Crippen LogP contribution in [0.1, 0.15) is 25.3 Å². The fourth-order valence-corrected chi connectivity index (χ4v) is 3.80. The summed E-state index contributed by atoms with van der Waals surface area (Å²) in [6.07, 6.45) is 0. The van der Waals surface area contributed by atoms with E-state index < -0.39 is 35.0 Å². The summed E-state index contributed by atoms with van der Waals surface area (Å²) in [4.78, 5) is 38.8. The summed E-state index contributed by atoms with van der Waals surface area (Å²) < 4.78 is 14.5. The predicted molar refractivity (Wildman–Crippen MR) is 78.7 cm³/mol. The molecule has 3 aliphatic rings. The van der Waals surface area contributed by atoms with E-state index in [4.69, 9.17) is 0 Å². The SMILES string of the molecule is CN1C(=O)C2c3cccc(F)c3N3CC(C)(C)C(=O)N3C2C1=O. The average molecular weight is 317 g/mol. The van der Waals surface area contributed by atoms with E-state index in [9.17, 15) is 18.8 Å². The van der Waals surface area contributed by atoms with Crippen molar-refractivity contribution in [1.29, 1.82) is 0 Å². The topological polar surface area (TPSA) is 60.9 Å². The van der Waals surface area contributed by atoms with Crippen molar-refractivity contribution >= 4 is 23.4 Å². The minimum atomic E-state index is -0.920. The van der Waals surface area contributed by atoms with E-state index in [-0.39, 0.29) is 18.1 Å². The number of rotatable bonds is 0. The molecule has 120 valence electrons. The van der Waals surface area contributed by atoms with Crippen LogP contribution >= 0.6 is 0 Å². The number of hydrogen-bond acceptors (Lipinski definition) is 4. The zero-order valence-electron chi connectivity index (χ0n) is 13.0. The highest BCUT2D eigenvalue weighted by Gasteiger charge is 2.61. The Labute approximate surface area is 132 Å². The van der Waals surface area contributed by atoms with Crippen molar-refractivity contribution in [3.63, 3.8) is 0 Å². The molecule has 0 aliphatic carbocycles. The maximum atomic E-state index is 14.5. The Bertz CT molecular complexity index is 776. The average Bonchev–Trinajstić information content (AvgIpc) is 2.86. The molecule has 0 N–H and O–H groups in total. The van der Waals surface area contributed by atoms with Gasteiger partial charge in [0.05, 0.1) is 23.6 Å². The van der Waals surface area contributed by atoms with E-state index in [1.807, 2.05) is 0 Å². The number of carbonyl (C=O) groups excluding carboxylic acids is 3. The third-order valence-corrected chi connectivity index (χ3v) is 4.96. The minimum absolute atomic E-state index is 0.226. The van der Waals surface area contributed by atoms with Crippen LogP contribution in [0.3, 0.4) is 0 Å². The molecule has 0 radical (unpaired) electrons. The van der Waals surface area contributed by atoms with Crippen LogP contribution in [0, 0.1) is 11.2 Å². The third kappa shape index (κ3) is 1.54. The summed E-state index contributed by atoms with van der Waals surface area (Å²) in [5, 5.41) is 2.82. The first-order valence-electron chi connectivity index (χ1n) is 7.46. The van der Waals surface area contributed by atoms with Gasteiger partial charge < -0.3 is 0 Å². The summed E-state index contributed by atoms with van der Waals surface area (Å²) in [6.45, 7) is 3.79. The Kier molecular flexibility index (Phi) is 2.52. The van der Waals surface area contributed by atoms with Gasteiger partial charge in [-0.25, -0.2) is 9.40 Å². The quantitative estimate of drug-likeness (QED) is 0.667. The summed E-state index contributed by atoms with van der Waals surface area (Å²) in [6, 6.07) is 3.57.